The van der Waals surface area contributed by atoms with E-state index in [-0.39, 0.29) is 11.3 Å². The van der Waals surface area contributed by atoms with Crippen molar-refractivity contribution in [1.82, 2.24) is 0 Å². The molecule has 0 radical (unpaired) electrons. The zero-order valence-electron chi connectivity index (χ0n) is 10.7. The van der Waals surface area contributed by atoms with Crippen LogP contribution >= 0.6 is 0 Å². The molecular formula is C15H18O3. The maximum absolute atomic E-state index is 11.5. The Hall–Kier alpha value is -2.03. The molecule has 0 unspecified atom stereocenters. The number of aliphatic hydroxyl groups is 1. The minimum Gasteiger partial charge on any atom is -0.507 e. The van der Waals surface area contributed by atoms with Gasteiger partial charge in [0, 0.05) is 0 Å². The van der Waals surface area contributed by atoms with Crippen LogP contribution in [-0.2, 0) is 9.53 Å². The number of benzene rings is 1. The van der Waals surface area contributed by atoms with Crippen molar-refractivity contribution in [3.63, 3.8) is 0 Å². The Bertz CT molecular complexity index is 444. The molecule has 0 saturated heterocycles. The lowest BCUT2D eigenvalue weighted by Crippen LogP contribution is -2.08. The summed E-state index contributed by atoms with van der Waals surface area (Å²) in [6, 6.07) is 9.55. The highest BCUT2D eigenvalue weighted by Gasteiger charge is 2.09. The average Bonchev–Trinajstić information content (AvgIpc) is 2.42. The van der Waals surface area contributed by atoms with Crippen LogP contribution < -0.4 is 0 Å². The summed E-state index contributed by atoms with van der Waals surface area (Å²) in [6.45, 7) is 3.83. The molecule has 0 aliphatic rings. The Morgan fingerprint density at radius 1 is 1.33 bits per heavy atom. The Kier molecular flexibility index (Phi) is 5.71. The van der Waals surface area contributed by atoms with E-state index in [1.54, 1.807) is 13.0 Å². The molecule has 0 spiro atoms. The predicted octanol–water partition coefficient (Wildman–Crippen LogP) is 3.49. The smallest absolute Gasteiger partial charge is 0.337 e. The standard InChI is InChI=1S/C15H18O3/c1-3-11-18-15(17)12(2)14(16)10-9-13-7-5-4-6-8-13/h4-10,16H,3,11H2,1-2H3. The van der Waals surface area contributed by atoms with E-state index in [9.17, 15) is 9.90 Å². The third-order valence-electron chi connectivity index (χ3n) is 2.36. The summed E-state index contributed by atoms with van der Waals surface area (Å²) >= 11 is 0. The highest BCUT2D eigenvalue weighted by molar-refractivity contribution is 5.89. The van der Waals surface area contributed by atoms with Gasteiger partial charge in [-0.15, -0.1) is 0 Å². The SMILES string of the molecule is CCCOC(=O)C(C)=C(O)C=Cc1ccccc1. The summed E-state index contributed by atoms with van der Waals surface area (Å²) in [5.74, 6) is -0.549. The molecule has 0 amide bonds. The molecular weight excluding hydrogens is 228 g/mol. The summed E-state index contributed by atoms with van der Waals surface area (Å²) in [6.07, 6.45) is 4.00. The molecule has 1 aromatic carbocycles. The number of hydrogen-bond acceptors (Lipinski definition) is 3. The van der Waals surface area contributed by atoms with E-state index in [0.29, 0.717) is 6.61 Å². The van der Waals surface area contributed by atoms with E-state index >= 15 is 0 Å². The lowest BCUT2D eigenvalue weighted by Gasteiger charge is -2.03. The van der Waals surface area contributed by atoms with E-state index in [0.717, 1.165) is 12.0 Å². The van der Waals surface area contributed by atoms with Gasteiger partial charge in [-0.2, -0.15) is 0 Å². The van der Waals surface area contributed by atoms with Gasteiger partial charge in [-0.05, 0) is 25.0 Å². The van der Waals surface area contributed by atoms with E-state index < -0.39 is 5.97 Å². The molecule has 0 heterocycles. The van der Waals surface area contributed by atoms with E-state index in [4.69, 9.17) is 4.74 Å². The van der Waals surface area contributed by atoms with Gasteiger partial charge in [-0.25, -0.2) is 4.79 Å². The number of hydrogen-bond donors (Lipinski definition) is 1. The van der Waals surface area contributed by atoms with Gasteiger partial charge in [0.25, 0.3) is 0 Å². The number of ether oxygens (including phenoxy) is 1. The molecule has 3 nitrogen and oxygen atoms in total. The van der Waals surface area contributed by atoms with Crippen molar-refractivity contribution < 1.29 is 14.6 Å². The molecule has 0 atom stereocenters. The fourth-order valence-electron chi connectivity index (χ4n) is 1.27. The number of carbonyl (C=O) groups excluding carboxylic acids is 1. The summed E-state index contributed by atoms with van der Waals surface area (Å²) in [5.41, 5.74) is 1.18. The zero-order valence-corrected chi connectivity index (χ0v) is 10.7. The molecule has 0 aliphatic heterocycles. The molecule has 1 N–H and O–H groups in total. The first kappa shape index (κ1) is 14.0. The van der Waals surface area contributed by atoms with Crippen molar-refractivity contribution in [1.29, 1.82) is 0 Å². The first-order valence-electron chi connectivity index (χ1n) is 5.95. The van der Waals surface area contributed by atoms with Crippen molar-refractivity contribution in [2.45, 2.75) is 20.3 Å². The van der Waals surface area contributed by atoms with Gasteiger partial charge < -0.3 is 9.84 Å². The van der Waals surface area contributed by atoms with E-state index in [2.05, 4.69) is 0 Å². The summed E-state index contributed by atoms with van der Waals surface area (Å²) in [4.78, 5) is 11.5. The summed E-state index contributed by atoms with van der Waals surface area (Å²) in [5, 5.41) is 9.74. The molecule has 1 aromatic rings. The zero-order chi connectivity index (χ0) is 13.4. The Labute approximate surface area is 107 Å². The highest BCUT2D eigenvalue weighted by Crippen LogP contribution is 2.08. The van der Waals surface area contributed by atoms with Crippen LogP contribution in [0, 0.1) is 0 Å². The van der Waals surface area contributed by atoms with Crippen LogP contribution in [0.15, 0.2) is 47.7 Å². The topological polar surface area (TPSA) is 46.5 Å². The quantitative estimate of drug-likeness (QED) is 0.374. The second-order valence-electron chi connectivity index (χ2n) is 3.89. The van der Waals surface area contributed by atoms with Crippen molar-refractivity contribution >= 4 is 12.0 Å². The van der Waals surface area contributed by atoms with Gasteiger partial charge >= 0.3 is 5.97 Å². The molecule has 3 heteroatoms. The monoisotopic (exact) mass is 246 g/mol. The largest absolute Gasteiger partial charge is 0.507 e. The van der Waals surface area contributed by atoms with Crippen LogP contribution in [0.4, 0.5) is 0 Å². The van der Waals surface area contributed by atoms with E-state index in [1.165, 1.54) is 6.08 Å². The lowest BCUT2D eigenvalue weighted by molar-refractivity contribution is -0.139. The number of rotatable bonds is 5. The minimum atomic E-state index is -0.480. The Balaban J connectivity index is 2.70. The fraction of sp³-hybridized carbons (Fsp3) is 0.267. The lowest BCUT2D eigenvalue weighted by atomic mass is 10.2. The number of carbonyl (C=O) groups is 1. The minimum absolute atomic E-state index is 0.0695. The Morgan fingerprint density at radius 3 is 2.61 bits per heavy atom. The molecule has 0 aliphatic carbocycles. The third-order valence-corrected chi connectivity index (χ3v) is 2.36. The van der Waals surface area contributed by atoms with E-state index in [1.807, 2.05) is 37.3 Å². The second-order valence-corrected chi connectivity index (χ2v) is 3.89. The van der Waals surface area contributed by atoms with Crippen LogP contribution in [-0.4, -0.2) is 17.7 Å². The first-order chi connectivity index (χ1) is 8.65. The Morgan fingerprint density at radius 2 is 2.00 bits per heavy atom. The maximum Gasteiger partial charge on any atom is 0.337 e. The number of aliphatic hydroxyl groups excluding tert-OH is 1. The number of esters is 1. The molecule has 96 valence electrons. The van der Waals surface area contributed by atoms with Crippen LogP contribution in [0.1, 0.15) is 25.8 Å². The normalized spacial score (nSPS) is 12.3. The fourth-order valence-corrected chi connectivity index (χ4v) is 1.27. The van der Waals surface area contributed by atoms with Crippen LogP contribution in [0.2, 0.25) is 0 Å². The maximum atomic E-state index is 11.5. The van der Waals surface area contributed by atoms with Crippen molar-refractivity contribution in [2.75, 3.05) is 6.61 Å². The highest BCUT2D eigenvalue weighted by atomic mass is 16.5. The van der Waals surface area contributed by atoms with Crippen LogP contribution in [0.25, 0.3) is 6.08 Å². The molecule has 0 bridgehead atoms. The van der Waals surface area contributed by atoms with Gasteiger partial charge in [0.15, 0.2) is 0 Å². The second kappa shape index (κ2) is 7.33. The number of allylic oxidation sites excluding steroid dienone is 1. The van der Waals surface area contributed by atoms with Gasteiger partial charge in [0.2, 0.25) is 0 Å². The average molecular weight is 246 g/mol. The van der Waals surface area contributed by atoms with Crippen molar-refractivity contribution in [3.05, 3.63) is 53.3 Å². The van der Waals surface area contributed by atoms with Gasteiger partial charge in [-0.3, -0.25) is 0 Å². The van der Waals surface area contributed by atoms with Crippen molar-refractivity contribution in [3.8, 4) is 0 Å². The first-order valence-corrected chi connectivity index (χ1v) is 5.95. The van der Waals surface area contributed by atoms with Crippen LogP contribution in [0.3, 0.4) is 0 Å². The molecule has 0 saturated carbocycles. The molecule has 1 rings (SSSR count). The van der Waals surface area contributed by atoms with Crippen molar-refractivity contribution in [2.24, 2.45) is 0 Å². The summed E-state index contributed by atoms with van der Waals surface area (Å²) in [7, 11) is 0. The van der Waals surface area contributed by atoms with Crippen LogP contribution in [0.5, 0.6) is 0 Å². The van der Waals surface area contributed by atoms with Gasteiger partial charge in [0.05, 0.1) is 12.2 Å². The molecule has 0 fully saturated rings. The molecule has 0 aromatic heterocycles. The van der Waals surface area contributed by atoms with Gasteiger partial charge in [-0.1, -0.05) is 43.3 Å². The third kappa shape index (κ3) is 4.45. The van der Waals surface area contributed by atoms with Gasteiger partial charge in [0.1, 0.15) is 5.76 Å². The predicted molar refractivity (Wildman–Crippen MR) is 72.1 cm³/mol. The summed E-state index contributed by atoms with van der Waals surface area (Å²) < 4.78 is 4.94. The molecule has 18 heavy (non-hydrogen) atoms.